The van der Waals surface area contributed by atoms with Crippen LogP contribution in [0.4, 0.5) is 0 Å². The maximum absolute atomic E-state index is 14.1. The molecule has 0 radical (unpaired) electrons. The summed E-state index contributed by atoms with van der Waals surface area (Å²) in [5, 5.41) is 24.5. The number of rotatable bonds is 4. The number of aliphatic hydroxyl groups excluding tert-OH is 1. The second-order valence-corrected chi connectivity index (χ2v) is 10.9. The van der Waals surface area contributed by atoms with E-state index in [4.69, 9.17) is 4.74 Å². The highest BCUT2D eigenvalue weighted by Crippen LogP contribution is 2.56. The molecular weight excluding hydrogens is 470 g/mol. The third-order valence-electron chi connectivity index (χ3n) is 8.38. The van der Waals surface area contributed by atoms with Crippen molar-refractivity contribution in [2.24, 2.45) is 29.1 Å². The summed E-state index contributed by atoms with van der Waals surface area (Å²) in [5.74, 6) is -2.66. The SMILES string of the molecule is CC(=O)O[C@@H]1/C=C/[C@@](C)(O)C(=O)C(C)C/C=C/[C@H]2C=C(CO)[C@@H](C)[C@H]3[C@H](Cc4ccccc4)NC(=O)[C@]321. The van der Waals surface area contributed by atoms with Gasteiger partial charge < -0.3 is 20.3 Å². The Morgan fingerprint density at radius 3 is 2.51 bits per heavy atom. The third kappa shape index (κ3) is 4.82. The number of ketones is 1. The van der Waals surface area contributed by atoms with E-state index in [1.54, 1.807) is 6.92 Å². The summed E-state index contributed by atoms with van der Waals surface area (Å²) < 4.78 is 5.85. The second-order valence-electron chi connectivity index (χ2n) is 10.9. The molecule has 1 spiro atoms. The molecule has 8 atom stereocenters. The number of ether oxygens (including phenoxy) is 1. The number of hydrogen-bond donors (Lipinski definition) is 3. The monoisotopic (exact) mass is 507 g/mol. The van der Waals surface area contributed by atoms with E-state index in [0.29, 0.717) is 12.8 Å². The number of esters is 1. The first-order valence-electron chi connectivity index (χ1n) is 13.0. The van der Waals surface area contributed by atoms with Crippen molar-refractivity contribution in [2.75, 3.05) is 6.61 Å². The maximum atomic E-state index is 14.1. The van der Waals surface area contributed by atoms with Crippen LogP contribution < -0.4 is 5.32 Å². The van der Waals surface area contributed by atoms with Gasteiger partial charge in [-0.2, -0.15) is 0 Å². The number of benzene rings is 1. The summed E-state index contributed by atoms with van der Waals surface area (Å²) in [5.41, 5.74) is -1.14. The van der Waals surface area contributed by atoms with E-state index >= 15 is 0 Å². The fourth-order valence-corrected chi connectivity index (χ4v) is 6.59. The third-order valence-corrected chi connectivity index (χ3v) is 8.38. The van der Waals surface area contributed by atoms with E-state index in [0.717, 1.165) is 11.1 Å². The largest absolute Gasteiger partial charge is 0.457 e. The van der Waals surface area contributed by atoms with Crippen LogP contribution in [0, 0.1) is 29.1 Å². The average molecular weight is 508 g/mol. The molecule has 2 aliphatic carbocycles. The van der Waals surface area contributed by atoms with E-state index < -0.39 is 34.9 Å². The minimum atomic E-state index is -1.79. The zero-order valence-corrected chi connectivity index (χ0v) is 21.9. The van der Waals surface area contributed by atoms with E-state index in [9.17, 15) is 24.6 Å². The molecule has 198 valence electrons. The van der Waals surface area contributed by atoms with Crippen LogP contribution in [0.2, 0.25) is 0 Å². The Labute approximate surface area is 218 Å². The van der Waals surface area contributed by atoms with Crippen molar-refractivity contribution in [2.45, 2.75) is 58.3 Å². The molecule has 1 aromatic rings. The van der Waals surface area contributed by atoms with Crippen LogP contribution in [0.15, 0.2) is 66.3 Å². The topological polar surface area (TPSA) is 113 Å². The van der Waals surface area contributed by atoms with Crippen LogP contribution in [0.25, 0.3) is 0 Å². The number of carbonyl (C=O) groups excluding carboxylic acids is 3. The molecular formula is C30H37NO6. The van der Waals surface area contributed by atoms with E-state index in [-0.39, 0.29) is 36.2 Å². The highest BCUT2D eigenvalue weighted by atomic mass is 16.5. The van der Waals surface area contributed by atoms with Crippen LogP contribution >= 0.6 is 0 Å². The molecule has 7 heteroatoms. The number of carbonyl (C=O) groups is 3. The van der Waals surface area contributed by atoms with Gasteiger partial charge >= 0.3 is 5.97 Å². The number of nitrogens with one attached hydrogen (secondary N) is 1. The number of hydrogen-bond acceptors (Lipinski definition) is 6. The predicted molar refractivity (Wildman–Crippen MR) is 139 cm³/mol. The summed E-state index contributed by atoms with van der Waals surface area (Å²) in [7, 11) is 0. The standard InChI is InChI=1S/C30H37NO6/c1-18-9-8-12-23-16-22(17-32)19(2)26-24(15-21-10-6-5-7-11-21)31-28(35)30(23,26)25(37-20(3)33)13-14-29(4,36)27(18)34/h5-8,10-14,16,18-19,23-26,32,36H,9,15,17H2,1-4H3,(H,31,35)/b12-8+,14-13+/t18?,19-,23+,24+,25-,26+,29-,30-/m1/s1. The number of aliphatic hydroxyl groups is 2. The Morgan fingerprint density at radius 2 is 1.86 bits per heavy atom. The van der Waals surface area contributed by atoms with E-state index in [2.05, 4.69) is 5.32 Å². The summed E-state index contributed by atoms with van der Waals surface area (Å²) >= 11 is 0. The summed E-state index contributed by atoms with van der Waals surface area (Å²) in [4.78, 5) is 39.5. The normalized spacial score (nSPS) is 39.4. The minimum Gasteiger partial charge on any atom is -0.457 e. The van der Waals surface area contributed by atoms with Gasteiger partial charge in [0.2, 0.25) is 5.91 Å². The second kappa shape index (κ2) is 10.4. The molecule has 3 N–H and O–H groups in total. The van der Waals surface area contributed by atoms with Crippen LogP contribution in [-0.4, -0.2) is 52.2 Å². The van der Waals surface area contributed by atoms with Gasteiger partial charge in [-0.05, 0) is 49.0 Å². The van der Waals surface area contributed by atoms with Gasteiger partial charge in [0.25, 0.3) is 0 Å². The Bertz CT molecular complexity index is 1140. The van der Waals surface area contributed by atoms with Gasteiger partial charge in [-0.25, -0.2) is 0 Å². The van der Waals surface area contributed by atoms with Crippen molar-refractivity contribution < 1.29 is 29.3 Å². The summed E-state index contributed by atoms with van der Waals surface area (Å²) in [6, 6.07) is 9.58. The molecule has 0 aromatic heterocycles. The molecule has 1 aliphatic heterocycles. The zero-order chi connectivity index (χ0) is 27.0. The van der Waals surface area contributed by atoms with Crippen molar-refractivity contribution in [3.63, 3.8) is 0 Å². The van der Waals surface area contributed by atoms with Gasteiger partial charge in [-0.1, -0.05) is 62.4 Å². The fourth-order valence-electron chi connectivity index (χ4n) is 6.59. The van der Waals surface area contributed by atoms with Gasteiger partial charge in [-0.15, -0.1) is 0 Å². The highest BCUT2D eigenvalue weighted by molar-refractivity contribution is 5.91. The van der Waals surface area contributed by atoms with Crippen LogP contribution in [0.3, 0.4) is 0 Å². The molecule has 1 saturated heterocycles. The smallest absolute Gasteiger partial charge is 0.303 e. The zero-order valence-electron chi connectivity index (χ0n) is 21.9. The molecule has 7 nitrogen and oxygen atoms in total. The molecule has 1 heterocycles. The van der Waals surface area contributed by atoms with Crippen LogP contribution in [0.1, 0.15) is 39.7 Å². The highest BCUT2D eigenvalue weighted by Gasteiger charge is 2.66. The Morgan fingerprint density at radius 1 is 1.16 bits per heavy atom. The van der Waals surface area contributed by atoms with Gasteiger partial charge in [0.15, 0.2) is 5.78 Å². The molecule has 1 unspecified atom stereocenters. The molecule has 0 bridgehead atoms. The number of amides is 1. The van der Waals surface area contributed by atoms with Crippen molar-refractivity contribution in [3.8, 4) is 0 Å². The van der Waals surface area contributed by atoms with Gasteiger partial charge in [0.05, 0.1) is 6.61 Å². The summed E-state index contributed by atoms with van der Waals surface area (Å²) in [6.45, 7) is 6.30. The lowest BCUT2D eigenvalue weighted by atomic mass is 9.54. The Hall–Kier alpha value is -3.03. The van der Waals surface area contributed by atoms with Crippen LogP contribution in [-0.2, 0) is 25.5 Å². The minimum absolute atomic E-state index is 0.151. The van der Waals surface area contributed by atoms with E-state index in [1.165, 1.54) is 26.0 Å². The van der Waals surface area contributed by atoms with Crippen molar-refractivity contribution in [1.82, 2.24) is 5.32 Å². The average Bonchev–Trinajstić information content (AvgIpc) is 3.14. The molecule has 1 amide bonds. The van der Waals surface area contributed by atoms with Crippen molar-refractivity contribution in [3.05, 3.63) is 71.8 Å². The van der Waals surface area contributed by atoms with Gasteiger partial charge in [0.1, 0.15) is 17.1 Å². The summed E-state index contributed by atoms with van der Waals surface area (Å²) in [6.07, 6.45) is 8.45. The lowest BCUT2D eigenvalue weighted by Crippen LogP contribution is -2.55. The molecule has 1 fully saturated rings. The maximum Gasteiger partial charge on any atom is 0.303 e. The molecule has 1 aromatic carbocycles. The predicted octanol–water partition coefficient (Wildman–Crippen LogP) is 2.92. The van der Waals surface area contributed by atoms with Gasteiger partial charge in [-0.3, -0.25) is 14.4 Å². The van der Waals surface area contributed by atoms with Crippen LogP contribution in [0.5, 0.6) is 0 Å². The number of allylic oxidation sites excluding steroid dienone is 3. The van der Waals surface area contributed by atoms with E-state index in [1.807, 2.05) is 55.5 Å². The fraction of sp³-hybridized carbons (Fsp3) is 0.500. The quantitative estimate of drug-likeness (QED) is 0.427. The molecule has 0 saturated carbocycles. The lowest BCUT2D eigenvalue weighted by molar-refractivity contribution is -0.159. The molecule has 3 aliphatic rings. The lowest BCUT2D eigenvalue weighted by Gasteiger charge is -2.48. The molecule has 4 rings (SSSR count). The number of Topliss-reactive ketones (excluding diaryl/α,β-unsaturated/α-hetero) is 1. The first-order chi connectivity index (χ1) is 17.5. The first kappa shape index (κ1) is 27.0. The van der Waals surface area contributed by atoms with Crippen molar-refractivity contribution in [1.29, 1.82) is 0 Å². The Balaban J connectivity index is 1.94. The van der Waals surface area contributed by atoms with Gasteiger partial charge in [0, 0.05) is 30.7 Å². The first-order valence-corrected chi connectivity index (χ1v) is 13.0. The Kier molecular flexibility index (Phi) is 7.58. The van der Waals surface area contributed by atoms with Crippen molar-refractivity contribution >= 4 is 17.7 Å². The molecule has 37 heavy (non-hydrogen) atoms.